The Kier molecular flexibility index (Phi) is 7.88. The van der Waals surface area contributed by atoms with Crippen LogP contribution in [0.1, 0.15) is 40.4 Å². The van der Waals surface area contributed by atoms with Crippen molar-refractivity contribution in [1.82, 2.24) is 14.9 Å². The van der Waals surface area contributed by atoms with Gasteiger partial charge in [0.25, 0.3) is 5.91 Å². The van der Waals surface area contributed by atoms with Crippen LogP contribution >= 0.6 is 23.2 Å². The molecule has 5 nitrogen and oxygen atoms in total. The Balaban J connectivity index is 1.41. The number of halogens is 4. The minimum Gasteiger partial charge on any atom is -0.320 e. The lowest BCUT2D eigenvalue weighted by Gasteiger charge is -2.31. The zero-order valence-corrected chi connectivity index (χ0v) is 19.7. The largest absolute Gasteiger partial charge is 0.320 e. The van der Waals surface area contributed by atoms with E-state index < -0.39 is 17.7 Å². The first-order chi connectivity index (χ1) is 16.4. The molecule has 0 unspecified atom stereocenters. The first kappa shape index (κ1) is 24.3. The predicted octanol–water partition coefficient (Wildman–Crippen LogP) is 6.21. The molecular weight excluding hydrogens is 481 g/mol. The molecule has 0 radical (unpaired) electrons. The molecule has 3 heterocycles. The highest BCUT2D eigenvalue weighted by atomic mass is 35.5. The van der Waals surface area contributed by atoms with E-state index in [1.54, 1.807) is 0 Å². The minimum absolute atomic E-state index is 0.108. The Hall–Kier alpha value is -2.87. The highest BCUT2D eigenvalue weighted by Crippen LogP contribution is 2.33. The summed E-state index contributed by atoms with van der Waals surface area (Å²) in [6.07, 6.45) is 6.94. The number of nitrogens with one attached hydrogen (secondary N) is 1. The number of hydrogen-bond donors (Lipinski definition) is 1. The highest BCUT2D eigenvalue weighted by Gasteiger charge is 2.26. The van der Waals surface area contributed by atoms with Gasteiger partial charge in [-0.25, -0.2) is 14.4 Å². The average Bonchev–Trinajstić information content (AvgIpc) is 2.83. The summed E-state index contributed by atoms with van der Waals surface area (Å²) in [5, 5.41) is 3.52. The maximum Gasteiger partial charge on any atom is 0.255 e. The van der Waals surface area contributed by atoms with E-state index in [4.69, 9.17) is 23.2 Å². The number of nitrogens with zero attached hydrogens (tertiary/aromatic N) is 3. The molecule has 0 spiro atoms. The van der Waals surface area contributed by atoms with Crippen molar-refractivity contribution in [3.63, 3.8) is 0 Å². The summed E-state index contributed by atoms with van der Waals surface area (Å²) in [5.41, 5.74) is 1.85. The fraction of sp³-hybridized carbons (Fsp3) is 0.240. The lowest BCUT2D eigenvalue weighted by Crippen LogP contribution is -2.33. The van der Waals surface area contributed by atoms with E-state index in [0.717, 1.165) is 31.3 Å². The first-order valence-corrected chi connectivity index (χ1v) is 11.6. The number of piperidine rings is 1. The fourth-order valence-corrected chi connectivity index (χ4v) is 4.23. The molecule has 1 saturated heterocycles. The Bertz CT molecular complexity index is 1200. The van der Waals surface area contributed by atoms with Gasteiger partial charge in [-0.3, -0.25) is 9.69 Å². The second kappa shape index (κ2) is 11.0. The monoisotopic (exact) mass is 502 g/mol. The number of pyridine rings is 2. The Morgan fingerprint density at radius 1 is 1.12 bits per heavy atom. The topological polar surface area (TPSA) is 58.1 Å². The number of likely N-dealkylation sites (tertiary alicyclic amines) is 1. The zero-order chi connectivity index (χ0) is 24.1. The summed E-state index contributed by atoms with van der Waals surface area (Å²) in [7, 11) is 0. The van der Waals surface area contributed by atoms with Gasteiger partial charge in [0.15, 0.2) is 5.82 Å². The van der Waals surface area contributed by atoms with E-state index in [2.05, 4.69) is 26.3 Å². The third-order valence-corrected chi connectivity index (χ3v) is 6.18. The van der Waals surface area contributed by atoms with Crippen LogP contribution in [0.3, 0.4) is 0 Å². The van der Waals surface area contributed by atoms with Crippen LogP contribution in [0, 0.1) is 11.8 Å². The number of hydrogen-bond acceptors (Lipinski definition) is 4. The van der Waals surface area contributed by atoms with Gasteiger partial charge in [0.05, 0.1) is 11.4 Å². The Morgan fingerprint density at radius 2 is 1.85 bits per heavy atom. The number of carbonyl (C=O) groups excluding carboxylic acids is 1. The summed E-state index contributed by atoms with van der Waals surface area (Å²) in [5.74, 6) is -2.89. The highest BCUT2D eigenvalue weighted by molar-refractivity contribution is 6.30. The summed E-state index contributed by atoms with van der Waals surface area (Å²) in [6, 6.07) is 11.5. The van der Waals surface area contributed by atoms with Crippen LogP contribution in [0.15, 0.2) is 54.7 Å². The molecule has 1 fully saturated rings. The number of aromatic nitrogens is 2. The van der Waals surface area contributed by atoms with Crippen LogP contribution in [0.4, 0.5) is 14.5 Å². The molecule has 4 rings (SSSR count). The molecule has 0 bridgehead atoms. The van der Waals surface area contributed by atoms with Crippen molar-refractivity contribution in [2.24, 2.45) is 0 Å². The van der Waals surface area contributed by atoms with Gasteiger partial charge in [-0.2, -0.15) is 4.39 Å². The SMILES string of the molecule is O=C(Nc1cc(F)c(F)nc1C1CCN(CC=Cc2ccc(Cl)cc2)CC1)c1ccnc(Cl)c1. The van der Waals surface area contributed by atoms with Crippen LogP contribution in [0.5, 0.6) is 0 Å². The van der Waals surface area contributed by atoms with Crippen molar-refractivity contribution in [3.05, 3.63) is 93.5 Å². The fourth-order valence-electron chi connectivity index (χ4n) is 3.93. The Labute approximate surface area is 206 Å². The lowest BCUT2D eigenvalue weighted by molar-refractivity contribution is 0.102. The molecular formula is C25H22Cl2F2N4O. The molecule has 34 heavy (non-hydrogen) atoms. The number of amides is 1. The maximum atomic E-state index is 14.0. The van der Waals surface area contributed by atoms with Crippen molar-refractivity contribution < 1.29 is 13.6 Å². The molecule has 1 amide bonds. The molecule has 176 valence electrons. The summed E-state index contributed by atoms with van der Waals surface area (Å²) in [6.45, 7) is 2.31. The molecule has 1 aliphatic rings. The molecule has 0 aliphatic carbocycles. The van der Waals surface area contributed by atoms with E-state index in [9.17, 15) is 13.6 Å². The van der Waals surface area contributed by atoms with Crippen molar-refractivity contribution >= 4 is 40.9 Å². The Morgan fingerprint density at radius 3 is 2.56 bits per heavy atom. The van der Waals surface area contributed by atoms with Crippen LogP contribution in [0.25, 0.3) is 6.08 Å². The van der Waals surface area contributed by atoms with Crippen molar-refractivity contribution in [2.45, 2.75) is 18.8 Å². The molecule has 0 atom stereocenters. The standard InChI is InChI=1S/C25H22Cl2F2N4O/c26-19-5-3-16(4-6-19)2-1-11-33-12-8-17(9-13-33)23-21(15-20(28)24(29)32-23)31-25(34)18-7-10-30-22(27)14-18/h1-7,10,14-15,17H,8-9,11-13H2,(H,31,34). The van der Waals surface area contributed by atoms with Gasteiger partial charge >= 0.3 is 0 Å². The smallest absolute Gasteiger partial charge is 0.255 e. The molecule has 1 aromatic carbocycles. The summed E-state index contributed by atoms with van der Waals surface area (Å²) < 4.78 is 28.0. The summed E-state index contributed by atoms with van der Waals surface area (Å²) in [4.78, 5) is 22.6. The number of benzene rings is 1. The van der Waals surface area contributed by atoms with Gasteiger partial charge in [0.1, 0.15) is 5.15 Å². The third-order valence-electron chi connectivity index (χ3n) is 5.72. The van der Waals surface area contributed by atoms with Crippen molar-refractivity contribution in [3.8, 4) is 0 Å². The summed E-state index contributed by atoms with van der Waals surface area (Å²) >= 11 is 11.8. The molecule has 3 aromatic rings. The molecule has 2 aromatic heterocycles. The second-order valence-electron chi connectivity index (χ2n) is 8.04. The van der Waals surface area contributed by atoms with E-state index in [1.807, 2.05) is 30.3 Å². The number of anilines is 1. The first-order valence-electron chi connectivity index (χ1n) is 10.8. The average molecular weight is 503 g/mol. The van der Waals surface area contributed by atoms with E-state index >= 15 is 0 Å². The number of carbonyl (C=O) groups is 1. The molecule has 0 saturated carbocycles. The van der Waals surface area contributed by atoms with E-state index in [0.29, 0.717) is 23.6 Å². The van der Waals surface area contributed by atoms with Crippen LogP contribution in [-0.4, -0.2) is 40.4 Å². The lowest BCUT2D eigenvalue weighted by atomic mass is 9.92. The van der Waals surface area contributed by atoms with Gasteiger partial charge < -0.3 is 5.32 Å². The van der Waals surface area contributed by atoms with Gasteiger partial charge in [-0.1, -0.05) is 47.5 Å². The predicted molar refractivity (Wildman–Crippen MR) is 130 cm³/mol. The zero-order valence-electron chi connectivity index (χ0n) is 18.1. The molecule has 9 heteroatoms. The minimum atomic E-state index is -1.17. The number of rotatable bonds is 6. The van der Waals surface area contributed by atoms with Gasteiger partial charge in [-0.15, -0.1) is 0 Å². The van der Waals surface area contributed by atoms with Crippen LogP contribution in [-0.2, 0) is 0 Å². The van der Waals surface area contributed by atoms with Crippen LogP contribution < -0.4 is 5.32 Å². The normalized spacial score (nSPS) is 15.1. The van der Waals surface area contributed by atoms with Gasteiger partial charge in [0.2, 0.25) is 5.95 Å². The van der Waals surface area contributed by atoms with E-state index in [-0.39, 0.29) is 22.3 Å². The van der Waals surface area contributed by atoms with Gasteiger partial charge in [0, 0.05) is 35.3 Å². The second-order valence-corrected chi connectivity index (χ2v) is 8.87. The molecule has 1 N–H and O–H groups in total. The van der Waals surface area contributed by atoms with Crippen molar-refractivity contribution in [2.75, 3.05) is 25.0 Å². The third kappa shape index (κ3) is 6.17. The quantitative estimate of drug-likeness (QED) is 0.407. The van der Waals surface area contributed by atoms with Crippen LogP contribution in [0.2, 0.25) is 10.2 Å². The molecule has 1 aliphatic heterocycles. The van der Waals surface area contributed by atoms with Gasteiger partial charge in [-0.05, 0) is 55.8 Å². The maximum absolute atomic E-state index is 14.0. The van der Waals surface area contributed by atoms with E-state index in [1.165, 1.54) is 18.3 Å². The van der Waals surface area contributed by atoms with Crippen molar-refractivity contribution in [1.29, 1.82) is 0 Å².